The summed E-state index contributed by atoms with van der Waals surface area (Å²) in [5.41, 5.74) is 2.10. The summed E-state index contributed by atoms with van der Waals surface area (Å²) in [4.78, 5) is 24.3. The molecule has 0 amide bonds. The van der Waals surface area contributed by atoms with Crippen LogP contribution in [0.25, 0.3) is 16.6 Å². The van der Waals surface area contributed by atoms with E-state index in [9.17, 15) is 14.7 Å². The minimum atomic E-state index is -1.07. The van der Waals surface area contributed by atoms with Crippen molar-refractivity contribution in [1.82, 2.24) is 19.6 Å². The molecule has 2 heterocycles. The number of carbonyl (C=O) groups is 1. The monoisotopic (exact) mass is 326 g/mol. The summed E-state index contributed by atoms with van der Waals surface area (Å²) in [6.07, 6.45) is 0.277. The fourth-order valence-corrected chi connectivity index (χ4v) is 2.86. The Balaban J connectivity index is 2.33. The second-order valence-corrected chi connectivity index (χ2v) is 5.65. The van der Waals surface area contributed by atoms with Gasteiger partial charge >= 0.3 is 5.97 Å². The van der Waals surface area contributed by atoms with Gasteiger partial charge in [0.05, 0.1) is 22.5 Å². The van der Waals surface area contributed by atoms with E-state index >= 15 is 0 Å². The molecule has 1 aromatic carbocycles. The van der Waals surface area contributed by atoms with Crippen LogP contribution in [0.1, 0.15) is 30.8 Å². The molecule has 0 aliphatic heterocycles. The van der Waals surface area contributed by atoms with Gasteiger partial charge in [0.15, 0.2) is 6.04 Å². The van der Waals surface area contributed by atoms with Gasteiger partial charge < -0.3 is 5.11 Å². The lowest BCUT2D eigenvalue weighted by atomic mass is 10.2. The number of aryl methyl sites for hydroxylation is 2. The van der Waals surface area contributed by atoms with Gasteiger partial charge in [0.25, 0.3) is 5.56 Å². The average Bonchev–Trinajstić information content (AvgIpc) is 2.91. The number of hydrogen-bond donors (Lipinski definition) is 1. The van der Waals surface area contributed by atoms with Crippen molar-refractivity contribution in [2.75, 3.05) is 0 Å². The molecule has 1 N–H and O–H groups in total. The van der Waals surface area contributed by atoms with E-state index in [1.54, 1.807) is 25.5 Å². The Hall–Kier alpha value is -2.96. The van der Waals surface area contributed by atoms with Gasteiger partial charge in [-0.05, 0) is 32.4 Å². The van der Waals surface area contributed by atoms with Crippen LogP contribution in [0.3, 0.4) is 0 Å². The van der Waals surface area contributed by atoms with Crippen LogP contribution in [0.15, 0.2) is 35.1 Å². The van der Waals surface area contributed by atoms with Crippen LogP contribution in [0, 0.1) is 13.8 Å². The van der Waals surface area contributed by atoms with Gasteiger partial charge in [0, 0.05) is 0 Å². The Morgan fingerprint density at radius 3 is 2.46 bits per heavy atom. The van der Waals surface area contributed by atoms with E-state index in [0.29, 0.717) is 22.3 Å². The predicted octanol–water partition coefficient (Wildman–Crippen LogP) is 2.23. The SMILES string of the molecule is CC[C@H](C(=O)O)n1nc(C)c2nn(-c3ccccc3)c(C)c2c1=O. The fraction of sp³-hybridized carbons (Fsp3) is 0.294. The Kier molecular flexibility index (Phi) is 3.92. The van der Waals surface area contributed by atoms with Crippen molar-refractivity contribution in [3.63, 3.8) is 0 Å². The molecule has 3 aromatic rings. The standard InChI is InChI=1S/C17H18N4O3/c1-4-13(17(23)24)21-16(22)14-11(3)20(12-8-6-5-7-9-12)19-15(14)10(2)18-21/h5-9,13H,4H2,1-3H3,(H,23,24)/t13-/m1/s1. The van der Waals surface area contributed by atoms with Crippen LogP contribution in [0.4, 0.5) is 0 Å². The first-order chi connectivity index (χ1) is 11.5. The van der Waals surface area contributed by atoms with Gasteiger partial charge in [-0.15, -0.1) is 0 Å². The van der Waals surface area contributed by atoms with E-state index in [1.807, 2.05) is 30.3 Å². The highest BCUT2D eigenvalue weighted by molar-refractivity contribution is 5.83. The number of aromatic nitrogens is 4. The van der Waals surface area contributed by atoms with E-state index in [1.165, 1.54) is 0 Å². The topological polar surface area (TPSA) is 90.0 Å². The molecular weight excluding hydrogens is 308 g/mol. The first-order valence-corrected chi connectivity index (χ1v) is 7.72. The summed E-state index contributed by atoms with van der Waals surface area (Å²) in [6.45, 7) is 5.25. The van der Waals surface area contributed by atoms with Crippen LogP contribution in [0.2, 0.25) is 0 Å². The molecule has 0 spiro atoms. The van der Waals surface area contributed by atoms with Crippen molar-refractivity contribution in [3.05, 3.63) is 52.1 Å². The van der Waals surface area contributed by atoms with Gasteiger partial charge in [-0.3, -0.25) is 4.79 Å². The smallest absolute Gasteiger partial charge is 0.328 e. The number of benzene rings is 1. The Bertz CT molecular complexity index is 973. The first-order valence-electron chi connectivity index (χ1n) is 7.72. The summed E-state index contributed by atoms with van der Waals surface area (Å²) < 4.78 is 2.75. The fourth-order valence-electron chi connectivity index (χ4n) is 2.86. The number of carboxylic acid groups (broad SMARTS) is 1. The zero-order valence-electron chi connectivity index (χ0n) is 13.7. The number of nitrogens with zero attached hydrogens (tertiary/aromatic N) is 4. The summed E-state index contributed by atoms with van der Waals surface area (Å²) in [7, 11) is 0. The first kappa shape index (κ1) is 15.9. The minimum Gasteiger partial charge on any atom is -0.480 e. The molecule has 3 rings (SSSR count). The average molecular weight is 326 g/mol. The molecule has 0 aliphatic rings. The highest BCUT2D eigenvalue weighted by Gasteiger charge is 2.24. The van der Waals surface area contributed by atoms with Gasteiger partial charge in [-0.25, -0.2) is 14.2 Å². The highest BCUT2D eigenvalue weighted by Crippen LogP contribution is 2.21. The summed E-state index contributed by atoms with van der Waals surface area (Å²) in [5.74, 6) is -1.07. The van der Waals surface area contributed by atoms with E-state index in [-0.39, 0.29) is 6.42 Å². The lowest BCUT2D eigenvalue weighted by Crippen LogP contribution is -2.32. The number of para-hydroxylation sites is 1. The third-order valence-electron chi connectivity index (χ3n) is 4.11. The van der Waals surface area contributed by atoms with Gasteiger partial charge in [0.2, 0.25) is 0 Å². The summed E-state index contributed by atoms with van der Waals surface area (Å²) >= 11 is 0. The van der Waals surface area contributed by atoms with Crippen molar-refractivity contribution in [1.29, 1.82) is 0 Å². The van der Waals surface area contributed by atoms with Crippen molar-refractivity contribution >= 4 is 16.9 Å². The van der Waals surface area contributed by atoms with Crippen LogP contribution in [-0.2, 0) is 4.79 Å². The zero-order chi connectivity index (χ0) is 17.4. The second-order valence-electron chi connectivity index (χ2n) is 5.65. The third-order valence-corrected chi connectivity index (χ3v) is 4.11. The number of rotatable bonds is 4. The quantitative estimate of drug-likeness (QED) is 0.794. The third kappa shape index (κ3) is 2.38. The highest BCUT2D eigenvalue weighted by atomic mass is 16.4. The maximum absolute atomic E-state index is 12.8. The van der Waals surface area contributed by atoms with Crippen LogP contribution < -0.4 is 5.56 Å². The van der Waals surface area contributed by atoms with E-state index in [0.717, 1.165) is 10.4 Å². The lowest BCUT2D eigenvalue weighted by Gasteiger charge is -2.13. The van der Waals surface area contributed by atoms with Crippen molar-refractivity contribution in [2.24, 2.45) is 0 Å². The predicted molar refractivity (Wildman–Crippen MR) is 89.6 cm³/mol. The van der Waals surface area contributed by atoms with Crippen molar-refractivity contribution in [2.45, 2.75) is 33.2 Å². The molecule has 0 radical (unpaired) electrons. The molecule has 0 saturated carbocycles. The number of carboxylic acids is 1. The Labute approximate surface area is 138 Å². The van der Waals surface area contributed by atoms with Gasteiger partial charge in [-0.2, -0.15) is 10.2 Å². The summed E-state index contributed by atoms with van der Waals surface area (Å²) in [6, 6.07) is 8.49. The van der Waals surface area contributed by atoms with E-state index < -0.39 is 17.6 Å². The Morgan fingerprint density at radius 1 is 1.21 bits per heavy atom. The van der Waals surface area contributed by atoms with E-state index in [2.05, 4.69) is 10.2 Å². The van der Waals surface area contributed by atoms with Crippen molar-refractivity contribution in [3.8, 4) is 5.69 Å². The lowest BCUT2D eigenvalue weighted by molar-refractivity contribution is -0.141. The molecular formula is C17H18N4O3. The Morgan fingerprint density at radius 2 is 1.88 bits per heavy atom. The van der Waals surface area contributed by atoms with Crippen LogP contribution in [-0.4, -0.2) is 30.6 Å². The van der Waals surface area contributed by atoms with Crippen molar-refractivity contribution < 1.29 is 9.90 Å². The molecule has 7 nitrogen and oxygen atoms in total. The maximum atomic E-state index is 12.8. The van der Waals surface area contributed by atoms with E-state index in [4.69, 9.17) is 0 Å². The number of fused-ring (bicyclic) bond motifs is 1. The second kappa shape index (κ2) is 5.92. The largest absolute Gasteiger partial charge is 0.480 e. The molecule has 0 aliphatic carbocycles. The molecule has 0 unspecified atom stereocenters. The maximum Gasteiger partial charge on any atom is 0.328 e. The molecule has 0 fully saturated rings. The molecule has 124 valence electrons. The molecule has 24 heavy (non-hydrogen) atoms. The van der Waals surface area contributed by atoms with Gasteiger partial charge in [0.1, 0.15) is 5.52 Å². The zero-order valence-corrected chi connectivity index (χ0v) is 13.7. The van der Waals surface area contributed by atoms with Crippen LogP contribution >= 0.6 is 0 Å². The molecule has 2 aromatic heterocycles. The number of hydrogen-bond acceptors (Lipinski definition) is 4. The molecule has 1 atom stereocenters. The molecule has 7 heteroatoms. The molecule has 0 saturated heterocycles. The van der Waals surface area contributed by atoms with Crippen LogP contribution in [0.5, 0.6) is 0 Å². The normalized spacial score (nSPS) is 12.5. The summed E-state index contributed by atoms with van der Waals surface area (Å²) in [5, 5.41) is 18.5. The molecule has 0 bridgehead atoms. The number of aliphatic carboxylic acids is 1. The van der Waals surface area contributed by atoms with Gasteiger partial charge in [-0.1, -0.05) is 25.1 Å². The minimum absolute atomic E-state index is 0.277.